The molecule has 1 unspecified atom stereocenters. The van der Waals surface area contributed by atoms with E-state index in [1.165, 1.54) is 0 Å². The Morgan fingerprint density at radius 2 is 2.35 bits per heavy atom. The molecule has 2 aromatic heterocycles. The summed E-state index contributed by atoms with van der Waals surface area (Å²) >= 11 is 0. The SMILES string of the molecule is O=C(Nc1ccccn1)c1cn[nH]c1C1CCCNC1. The van der Waals surface area contributed by atoms with Gasteiger partial charge in [-0.1, -0.05) is 6.07 Å². The van der Waals surface area contributed by atoms with Gasteiger partial charge in [0.2, 0.25) is 0 Å². The molecule has 20 heavy (non-hydrogen) atoms. The van der Waals surface area contributed by atoms with Gasteiger partial charge in [-0.25, -0.2) is 4.98 Å². The highest BCUT2D eigenvalue weighted by molar-refractivity contribution is 6.04. The zero-order valence-electron chi connectivity index (χ0n) is 11.1. The molecule has 1 atom stereocenters. The topological polar surface area (TPSA) is 82.7 Å². The molecule has 1 fully saturated rings. The second-order valence-corrected chi connectivity index (χ2v) is 4.91. The fourth-order valence-electron chi connectivity index (χ4n) is 2.51. The van der Waals surface area contributed by atoms with Crippen LogP contribution >= 0.6 is 0 Å². The van der Waals surface area contributed by atoms with Gasteiger partial charge in [-0.05, 0) is 31.5 Å². The van der Waals surface area contributed by atoms with Gasteiger partial charge in [0.15, 0.2) is 0 Å². The van der Waals surface area contributed by atoms with Crippen molar-refractivity contribution < 1.29 is 4.79 Å². The summed E-state index contributed by atoms with van der Waals surface area (Å²) in [4.78, 5) is 16.4. The second kappa shape index (κ2) is 5.83. The lowest BCUT2D eigenvalue weighted by atomic mass is 9.93. The Morgan fingerprint density at radius 1 is 1.40 bits per heavy atom. The molecule has 0 spiro atoms. The van der Waals surface area contributed by atoms with Crippen molar-refractivity contribution in [2.75, 3.05) is 18.4 Å². The summed E-state index contributed by atoms with van der Waals surface area (Å²) in [6.45, 7) is 1.92. The number of pyridine rings is 1. The van der Waals surface area contributed by atoms with Crippen LogP contribution in [-0.2, 0) is 0 Å². The van der Waals surface area contributed by atoms with Crippen molar-refractivity contribution in [3.8, 4) is 0 Å². The summed E-state index contributed by atoms with van der Waals surface area (Å²) in [6, 6.07) is 5.41. The molecular weight excluding hydrogens is 254 g/mol. The lowest BCUT2D eigenvalue weighted by Crippen LogP contribution is -2.29. The number of H-pyrrole nitrogens is 1. The van der Waals surface area contributed by atoms with Crippen LogP contribution in [0.5, 0.6) is 0 Å². The van der Waals surface area contributed by atoms with E-state index in [9.17, 15) is 4.79 Å². The largest absolute Gasteiger partial charge is 0.316 e. The van der Waals surface area contributed by atoms with Crippen LogP contribution in [0.2, 0.25) is 0 Å². The number of hydrogen-bond donors (Lipinski definition) is 3. The highest BCUT2D eigenvalue weighted by atomic mass is 16.1. The van der Waals surface area contributed by atoms with E-state index in [2.05, 4.69) is 25.8 Å². The Kier molecular flexibility index (Phi) is 3.73. The predicted molar refractivity (Wildman–Crippen MR) is 75.6 cm³/mol. The van der Waals surface area contributed by atoms with Crippen LogP contribution in [0, 0.1) is 0 Å². The van der Waals surface area contributed by atoms with E-state index in [0.717, 1.165) is 31.6 Å². The van der Waals surface area contributed by atoms with Gasteiger partial charge in [0, 0.05) is 18.7 Å². The molecule has 104 valence electrons. The van der Waals surface area contributed by atoms with Crippen LogP contribution < -0.4 is 10.6 Å². The van der Waals surface area contributed by atoms with E-state index >= 15 is 0 Å². The number of carbonyl (C=O) groups is 1. The Labute approximate surface area is 117 Å². The summed E-state index contributed by atoms with van der Waals surface area (Å²) in [7, 11) is 0. The maximum atomic E-state index is 12.3. The van der Waals surface area contributed by atoms with Crippen molar-refractivity contribution >= 4 is 11.7 Å². The monoisotopic (exact) mass is 271 g/mol. The molecular formula is C14H17N5O. The number of piperidine rings is 1. The molecule has 1 amide bonds. The third-order valence-corrected chi connectivity index (χ3v) is 3.53. The first-order valence-electron chi connectivity index (χ1n) is 6.81. The first kappa shape index (κ1) is 12.8. The van der Waals surface area contributed by atoms with Gasteiger partial charge < -0.3 is 10.6 Å². The molecule has 2 aromatic rings. The molecule has 6 heteroatoms. The summed E-state index contributed by atoms with van der Waals surface area (Å²) in [5, 5.41) is 13.1. The standard InChI is InChI=1S/C14H17N5O/c20-14(18-12-5-1-2-7-16-12)11-9-17-19-13(11)10-4-3-6-15-8-10/h1-2,5,7,9-10,15H,3-4,6,8H2,(H,17,19)(H,16,18,20). The number of nitrogens with one attached hydrogen (secondary N) is 3. The van der Waals surface area contributed by atoms with Gasteiger partial charge in [-0.2, -0.15) is 5.10 Å². The average Bonchev–Trinajstić information content (AvgIpc) is 2.99. The minimum absolute atomic E-state index is 0.168. The lowest BCUT2D eigenvalue weighted by molar-refractivity contribution is 0.102. The van der Waals surface area contributed by atoms with Crippen molar-refractivity contribution in [1.29, 1.82) is 0 Å². The van der Waals surface area contributed by atoms with Crippen LogP contribution in [0.15, 0.2) is 30.6 Å². The molecule has 0 aromatic carbocycles. The Hall–Kier alpha value is -2.21. The van der Waals surface area contributed by atoms with E-state index in [-0.39, 0.29) is 5.91 Å². The van der Waals surface area contributed by atoms with E-state index in [4.69, 9.17) is 0 Å². The quantitative estimate of drug-likeness (QED) is 0.790. The van der Waals surface area contributed by atoms with Crippen molar-refractivity contribution in [1.82, 2.24) is 20.5 Å². The maximum absolute atomic E-state index is 12.3. The van der Waals surface area contributed by atoms with Gasteiger partial charge in [-0.15, -0.1) is 0 Å². The van der Waals surface area contributed by atoms with Crippen LogP contribution in [0.4, 0.5) is 5.82 Å². The predicted octanol–water partition coefficient (Wildman–Crippen LogP) is 1.52. The summed E-state index contributed by atoms with van der Waals surface area (Å²) < 4.78 is 0. The molecule has 1 aliphatic heterocycles. The van der Waals surface area contributed by atoms with Gasteiger partial charge >= 0.3 is 0 Å². The van der Waals surface area contributed by atoms with Gasteiger partial charge in [0.1, 0.15) is 5.82 Å². The van der Waals surface area contributed by atoms with Gasteiger partial charge in [0.25, 0.3) is 5.91 Å². The lowest BCUT2D eigenvalue weighted by Gasteiger charge is -2.22. The molecule has 1 aliphatic rings. The van der Waals surface area contributed by atoms with E-state index < -0.39 is 0 Å². The van der Waals surface area contributed by atoms with Gasteiger partial charge in [-0.3, -0.25) is 9.89 Å². The minimum atomic E-state index is -0.168. The number of carbonyl (C=O) groups excluding carboxylic acids is 1. The Bertz CT molecular complexity index is 574. The summed E-state index contributed by atoms with van der Waals surface area (Å²) in [6.07, 6.45) is 5.42. The minimum Gasteiger partial charge on any atom is -0.316 e. The van der Waals surface area contributed by atoms with Crippen molar-refractivity contribution in [3.05, 3.63) is 41.9 Å². The highest BCUT2D eigenvalue weighted by Gasteiger charge is 2.23. The Balaban J connectivity index is 1.77. The van der Waals surface area contributed by atoms with E-state index in [1.807, 2.05) is 12.1 Å². The van der Waals surface area contributed by atoms with Crippen molar-refractivity contribution in [2.24, 2.45) is 0 Å². The number of aromatic amines is 1. The fraction of sp³-hybridized carbons (Fsp3) is 0.357. The smallest absolute Gasteiger partial charge is 0.260 e. The Morgan fingerprint density at radius 3 is 3.10 bits per heavy atom. The van der Waals surface area contributed by atoms with Crippen LogP contribution in [0.1, 0.15) is 34.8 Å². The van der Waals surface area contributed by atoms with Gasteiger partial charge in [0.05, 0.1) is 17.5 Å². The average molecular weight is 271 g/mol. The second-order valence-electron chi connectivity index (χ2n) is 4.91. The highest BCUT2D eigenvalue weighted by Crippen LogP contribution is 2.24. The number of anilines is 1. The molecule has 0 bridgehead atoms. The van der Waals surface area contributed by atoms with Crippen molar-refractivity contribution in [3.63, 3.8) is 0 Å². The zero-order chi connectivity index (χ0) is 13.8. The summed E-state index contributed by atoms with van der Waals surface area (Å²) in [5.74, 6) is 0.695. The third kappa shape index (κ3) is 2.70. The molecule has 1 saturated heterocycles. The fourth-order valence-corrected chi connectivity index (χ4v) is 2.51. The number of rotatable bonds is 3. The number of aromatic nitrogens is 3. The number of nitrogens with zero attached hydrogens (tertiary/aromatic N) is 2. The maximum Gasteiger partial charge on any atom is 0.260 e. The van der Waals surface area contributed by atoms with Crippen LogP contribution in [0.25, 0.3) is 0 Å². The van der Waals surface area contributed by atoms with Crippen LogP contribution in [0.3, 0.4) is 0 Å². The molecule has 3 N–H and O–H groups in total. The zero-order valence-corrected chi connectivity index (χ0v) is 11.1. The molecule has 0 saturated carbocycles. The van der Waals surface area contributed by atoms with E-state index in [1.54, 1.807) is 18.5 Å². The molecule has 0 aliphatic carbocycles. The molecule has 3 heterocycles. The molecule has 0 radical (unpaired) electrons. The normalized spacial score (nSPS) is 18.7. The summed E-state index contributed by atoms with van der Waals surface area (Å²) in [5.41, 5.74) is 1.51. The van der Waals surface area contributed by atoms with E-state index in [0.29, 0.717) is 17.3 Å². The first-order valence-corrected chi connectivity index (χ1v) is 6.81. The third-order valence-electron chi connectivity index (χ3n) is 3.53. The molecule has 6 nitrogen and oxygen atoms in total. The number of amides is 1. The van der Waals surface area contributed by atoms with Crippen molar-refractivity contribution in [2.45, 2.75) is 18.8 Å². The number of hydrogen-bond acceptors (Lipinski definition) is 4. The molecule has 3 rings (SSSR count). The van der Waals surface area contributed by atoms with Crippen LogP contribution in [-0.4, -0.2) is 34.2 Å². The first-order chi connectivity index (χ1) is 9.84.